The standard InChI is InChI=1S/C17H20N4O5/c1-20-9-17(26-16(20)24)5-2-6-21(10-17)15(23)18-11-3-4-12-13(7-11)25-8-14(22)19-12/h3-4,7H,2,5-6,8-10H2,1H3,(H,18,23)(H,19,22)/t17-/m0/s1. The molecule has 3 aliphatic heterocycles. The zero-order valence-corrected chi connectivity index (χ0v) is 14.4. The molecular formula is C17H20N4O5. The maximum absolute atomic E-state index is 12.6. The highest BCUT2D eigenvalue weighted by Crippen LogP contribution is 2.33. The van der Waals surface area contributed by atoms with Crippen molar-refractivity contribution < 1.29 is 23.9 Å². The Morgan fingerprint density at radius 1 is 1.31 bits per heavy atom. The number of fused-ring (bicyclic) bond motifs is 1. The molecule has 0 aliphatic carbocycles. The van der Waals surface area contributed by atoms with Crippen molar-refractivity contribution in [1.29, 1.82) is 0 Å². The van der Waals surface area contributed by atoms with Crippen molar-refractivity contribution in [2.24, 2.45) is 0 Å². The summed E-state index contributed by atoms with van der Waals surface area (Å²) in [5.74, 6) is 0.313. The molecule has 1 aromatic carbocycles. The fraction of sp³-hybridized carbons (Fsp3) is 0.471. The first-order valence-electron chi connectivity index (χ1n) is 8.51. The first-order chi connectivity index (χ1) is 12.4. The molecule has 138 valence electrons. The van der Waals surface area contributed by atoms with Crippen LogP contribution in [0.15, 0.2) is 18.2 Å². The van der Waals surface area contributed by atoms with Crippen LogP contribution in [-0.2, 0) is 9.53 Å². The molecule has 1 spiro atoms. The highest BCUT2D eigenvalue weighted by molar-refractivity contribution is 5.96. The van der Waals surface area contributed by atoms with Gasteiger partial charge >= 0.3 is 12.1 Å². The van der Waals surface area contributed by atoms with Gasteiger partial charge in [-0.2, -0.15) is 0 Å². The lowest BCUT2D eigenvalue weighted by molar-refractivity contribution is -0.118. The average molecular weight is 360 g/mol. The van der Waals surface area contributed by atoms with Gasteiger partial charge in [0.1, 0.15) is 11.4 Å². The van der Waals surface area contributed by atoms with E-state index in [2.05, 4.69) is 10.6 Å². The van der Waals surface area contributed by atoms with Crippen LogP contribution in [-0.4, -0.2) is 66.7 Å². The number of nitrogens with zero attached hydrogens (tertiary/aromatic N) is 2. The molecule has 1 aromatic rings. The van der Waals surface area contributed by atoms with Crippen molar-refractivity contribution in [3.8, 4) is 5.75 Å². The molecule has 9 nitrogen and oxygen atoms in total. The lowest BCUT2D eigenvalue weighted by atomic mass is 9.93. The van der Waals surface area contributed by atoms with Gasteiger partial charge in [0.25, 0.3) is 5.91 Å². The molecule has 0 bridgehead atoms. The molecule has 9 heteroatoms. The minimum atomic E-state index is -0.620. The second-order valence-electron chi connectivity index (χ2n) is 6.91. The third kappa shape index (κ3) is 3.00. The van der Waals surface area contributed by atoms with E-state index in [4.69, 9.17) is 9.47 Å². The number of carbonyl (C=O) groups is 3. The first kappa shape index (κ1) is 16.5. The molecule has 1 atom stereocenters. The van der Waals surface area contributed by atoms with E-state index in [1.807, 2.05) is 0 Å². The van der Waals surface area contributed by atoms with E-state index in [9.17, 15) is 14.4 Å². The SMILES string of the molecule is CN1C[C@]2(CCCN(C(=O)Nc3ccc4c(c3)OCC(=O)N4)C2)OC1=O. The molecule has 26 heavy (non-hydrogen) atoms. The third-order valence-electron chi connectivity index (χ3n) is 4.83. The Labute approximate surface area is 150 Å². The number of anilines is 2. The minimum absolute atomic E-state index is 0.0437. The Morgan fingerprint density at radius 3 is 2.92 bits per heavy atom. The van der Waals surface area contributed by atoms with Gasteiger partial charge in [-0.05, 0) is 25.0 Å². The van der Waals surface area contributed by atoms with Gasteiger partial charge in [-0.15, -0.1) is 0 Å². The Bertz CT molecular complexity index is 782. The van der Waals surface area contributed by atoms with Gasteiger partial charge in [0, 0.05) is 25.3 Å². The van der Waals surface area contributed by atoms with Crippen LogP contribution >= 0.6 is 0 Å². The summed E-state index contributed by atoms with van der Waals surface area (Å²) in [5, 5.41) is 5.55. The van der Waals surface area contributed by atoms with Crippen LogP contribution in [0.5, 0.6) is 5.75 Å². The number of benzene rings is 1. The van der Waals surface area contributed by atoms with Gasteiger partial charge < -0.3 is 29.9 Å². The fourth-order valence-electron chi connectivity index (χ4n) is 3.63. The molecule has 0 saturated carbocycles. The predicted octanol–water partition coefficient (Wildman–Crippen LogP) is 1.47. The summed E-state index contributed by atoms with van der Waals surface area (Å²) >= 11 is 0. The molecule has 2 saturated heterocycles. The largest absolute Gasteiger partial charge is 0.482 e. The smallest absolute Gasteiger partial charge is 0.410 e. The summed E-state index contributed by atoms with van der Waals surface area (Å²) in [4.78, 5) is 38.9. The zero-order chi connectivity index (χ0) is 18.3. The first-order valence-corrected chi connectivity index (χ1v) is 8.51. The maximum atomic E-state index is 12.6. The Balaban J connectivity index is 1.43. The van der Waals surface area contributed by atoms with Crippen LogP contribution in [0.1, 0.15) is 12.8 Å². The van der Waals surface area contributed by atoms with Gasteiger partial charge in [-0.1, -0.05) is 0 Å². The number of piperidine rings is 1. The summed E-state index contributed by atoms with van der Waals surface area (Å²) in [7, 11) is 1.70. The quantitative estimate of drug-likeness (QED) is 0.790. The van der Waals surface area contributed by atoms with Crippen LogP contribution in [0.4, 0.5) is 21.0 Å². The highest BCUT2D eigenvalue weighted by atomic mass is 16.6. The van der Waals surface area contributed by atoms with Crippen LogP contribution in [0, 0.1) is 0 Å². The number of hydrogen-bond acceptors (Lipinski definition) is 5. The van der Waals surface area contributed by atoms with Crippen molar-refractivity contribution >= 4 is 29.4 Å². The Kier molecular flexibility index (Phi) is 3.86. The maximum Gasteiger partial charge on any atom is 0.410 e. The highest BCUT2D eigenvalue weighted by Gasteiger charge is 2.47. The number of hydrogen-bond donors (Lipinski definition) is 2. The van der Waals surface area contributed by atoms with Crippen LogP contribution < -0.4 is 15.4 Å². The van der Waals surface area contributed by atoms with Gasteiger partial charge in [0.05, 0.1) is 18.8 Å². The molecule has 3 heterocycles. The van der Waals surface area contributed by atoms with Crippen LogP contribution in [0.3, 0.4) is 0 Å². The number of nitrogens with one attached hydrogen (secondary N) is 2. The average Bonchev–Trinajstić information content (AvgIpc) is 2.88. The number of amides is 4. The van der Waals surface area contributed by atoms with E-state index in [-0.39, 0.29) is 24.6 Å². The molecule has 3 aliphatic rings. The van der Waals surface area contributed by atoms with Gasteiger partial charge in [0.2, 0.25) is 0 Å². The molecule has 0 unspecified atom stereocenters. The molecule has 2 fully saturated rings. The lowest BCUT2D eigenvalue weighted by Gasteiger charge is -2.38. The number of carbonyl (C=O) groups excluding carboxylic acids is 3. The topological polar surface area (TPSA) is 100 Å². The molecule has 2 N–H and O–H groups in total. The van der Waals surface area contributed by atoms with Crippen molar-refractivity contribution in [2.75, 3.05) is 43.9 Å². The van der Waals surface area contributed by atoms with Crippen molar-refractivity contribution in [3.63, 3.8) is 0 Å². The van der Waals surface area contributed by atoms with Gasteiger partial charge in [-0.25, -0.2) is 9.59 Å². The second kappa shape index (κ2) is 6.08. The molecular weight excluding hydrogens is 340 g/mol. The van der Waals surface area contributed by atoms with E-state index in [1.165, 1.54) is 4.90 Å². The van der Waals surface area contributed by atoms with Gasteiger partial charge in [0.15, 0.2) is 6.61 Å². The summed E-state index contributed by atoms with van der Waals surface area (Å²) in [6, 6.07) is 4.81. The monoisotopic (exact) mass is 360 g/mol. The Morgan fingerprint density at radius 2 is 2.15 bits per heavy atom. The summed E-state index contributed by atoms with van der Waals surface area (Å²) in [5.41, 5.74) is 0.534. The zero-order valence-electron chi connectivity index (χ0n) is 14.4. The van der Waals surface area contributed by atoms with E-state index in [1.54, 1.807) is 30.1 Å². The number of likely N-dealkylation sites (N-methyl/N-ethyl adjacent to an activating group) is 1. The summed E-state index contributed by atoms with van der Waals surface area (Å²) in [6.07, 6.45) is 1.17. The van der Waals surface area contributed by atoms with Crippen LogP contribution in [0.2, 0.25) is 0 Å². The predicted molar refractivity (Wildman–Crippen MR) is 92.2 cm³/mol. The van der Waals surface area contributed by atoms with E-state index >= 15 is 0 Å². The summed E-state index contributed by atoms with van der Waals surface area (Å²) in [6.45, 7) is 1.42. The number of likely N-dealkylation sites (tertiary alicyclic amines) is 1. The number of ether oxygens (including phenoxy) is 2. The molecule has 4 rings (SSSR count). The van der Waals surface area contributed by atoms with E-state index < -0.39 is 5.60 Å². The number of rotatable bonds is 1. The Hall–Kier alpha value is -2.97. The molecule has 0 aromatic heterocycles. The summed E-state index contributed by atoms with van der Waals surface area (Å²) < 4.78 is 10.9. The fourth-order valence-corrected chi connectivity index (χ4v) is 3.63. The lowest BCUT2D eigenvalue weighted by Crippen LogP contribution is -2.53. The van der Waals surface area contributed by atoms with E-state index in [0.717, 1.165) is 12.8 Å². The van der Waals surface area contributed by atoms with Crippen molar-refractivity contribution in [2.45, 2.75) is 18.4 Å². The second-order valence-corrected chi connectivity index (χ2v) is 6.91. The number of urea groups is 1. The third-order valence-corrected chi connectivity index (χ3v) is 4.83. The van der Waals surface area contributed by atoms with Crippen molar-refractivity contribution in [3.05, 3.63) is 18.2 Å². The van der Waals surface area contributed by atoms with Gasteiger partial charge in [-0.3, -0.25) is 4.79 Å². The minimum Gasteiger partial charge on any atom is -0.482 e. The molecule has 0 radical (unpaired) electrons. The van der Waals surface area contributed by atoms with E-state index in [0.29, 0.717) is 36.8 Å². The van der Waals surface area contributed by atoms with Crippen LogP contribution in [0.25, 0.3) is 0 Å². The molecule has 4 amide bonds. The normalized spacial score (nSPS) is 24.7. The van der Waals surface area contributed by atoms with Crippen molar-refractivity contribution in [1.82, 2.24) is 9.80 Å².